The van der Waals surface area contributed by atoms with Crippen LogP contribution in [0.1, 0.15) is 12.1 Å². The third-order valence-corrected chi connectivity index (χ3v) is 2.39. The number of nitrogens with zero attached hydrogens (tertiary/aromatic N) is 2. The molecule has 1 aromatic carbocycles. The van der Waals surface area contributed by atoms with Crippen molar-refractivity contribution in [2.45, 2.75) is 12.8 Å². The molecule has 0 fully saturated rings. The van der Waals surface area contributed by atoms with Gasteiger partial charge in [0, 0.05) is 23.9 Å². The Morgan fingerprint density at radius 1 is 1.33 bits per heavy atom. The molecule has 0 aliphatic carbocycles. The summed E-state index contributed by atoms with van der Waals surface area (Å²) in [7, 11) is 0. The molecule has 5 heteroatoms. The second-order valence-corrected chi connectivity index (χ2v) is 3.78. The van der Waals surface area contributed by atoms with Crippen LogP contribution in [0.3, 0.4) is 0 Å². The molecule has 1 aromatic heterocycles. The average molecular weight is 246 g/mol. The molecule has 0 saturated carbocycles. The Bertz CT molecular complexity index is 572. The SMILES string of the molecule is O=C(O)CCc1ccnc(-c2cccc(F)c2)n1. The molecule has 0 spiro atoms. The summed E-state index contributed by atoms with van der Waals surface area (Å²) >= 11 is 0. The molecule has 2 aromatic rings. The van der Waals surface area contributed by atoms with Gasteiger partial charge in [0.15, 0.2) is 5.82 Å². The molecule has 18 heavy (non-hydrogen) atoms. The number of carbonyl (C=O) groups is 1. The normalized spacial score (nSPS) is 10.3. The second-order valence-electron chi connectivity index (χ2n) is 3.78. The molecule has 0 bridgehead atoms. The van der Waals surface area contributed by atoms with Crippen LogP contribution in [0.5, 0.6) is 0 Å². The van der Waals surface area contributed by atoms with E-state index in [4.69, 9.17) is 5.11 Å². The van der Waals surface area contributed by atoms with Crippen LogP contribution in [-0.2, 0) is 11.2 Å². The Kier molecular flexibility index (Phi) is 3.62. The first-order valence-electron chi connectivity index (χ1n) is 5.45. The maximum atomic E-state index is 13.1. The van der Waals surface area contributed by atoms with Gasteiger partial charge in [-0.3, -0.25) is 4.79 Å². The molecule has 0 radical (unpaired) electrons. The fraction of sp³-hybridized carbons (Fsp3) is 0.154. The molecule has 0 unspecified atom stereocenters. The largest absolute Gasteiger partial charge is 0.481 e. The van der Waals surface area contributed by atoms with E-state index in [1.807, 2.05) is 0 Å². The van der Waals surface area contributed by atoms with Crippen molar-refractivity contribution in [2.24, 2.45) is 0 Å². The van der Waals surface area contributed by atoms with Crippen LogP contribution in [-0.4, -0.2) is 21.0 Å². The Hall–Kier alpha value is -2.30. The van der Waals surface area contributed by atoms with E-state index in [1.165, 1.54) is 12.1 Å². The molecule has 0 atom stereocenters. The van der Waals surface area contributed by atoms with Crippen LogP contribution in [0.2, 0.25) is 0 Å². The lowest BCUT2D eigenvalue weighted by atomic mass is 10.2. The summed E-state index contributed by atoms with van der Waals surface area (Å²) in [5, 5.41) is 8.60. The van der Waals surface area contributed by atoms with E-state index in [1.54, 1.807) is 24.4 Å². The van der Waals surface area contributed by atoms with Gasteiger partial charge < -0.3 is 5.11 Å². The monoisotopic (exact) mass is 246 g/mol. The van der Waals surface area contributed by atoms with Crippen molar-refractivity contribution in [3.05, 3.63) is 48.0 Å². The summed E-state index contributed by atoms with van der Waals surface area (Å²) in [6, 6.07) is 7.64. The van der Waals surface area contributed by atoms with Crippen molar-refractivity contribution < 1.29 is 14.3 Å². The van der Waals surface area contributed by atoms with Gasteiger partial charge in [-0.05, 0) is 18.2 Å². The molecular formula is C13H11FN2O2. The number of aliphatic carboxylic acids is 1. The minimum Gasteiger partial charge on any atom is -0.481 e. The van der Waals surface area contributed by atoms with E-state index in [2.05, 4.69) is 9.97 Å². The summed E-state index contributed by atoms with van der Waals surface area (Å²) in [5.41, 5.74) is 1.21. The standard InChI is InChI=1S/C13H11FN2O2/c14-10-3-1-2-9(8-10)13-15-7-6-11(16-13)4-5-12(17)18/h1-3,6-8H,4-5H2,(H,17,18). The first-order valence-corrected chi connectivity index (χ1v) is 5.45. The van der Waals surface area contributed by atoms with Gasteiger partial charge in [0.1, 0.15) is 5.82 Å². The zero-order valence-electron chi connectivity index (χ0n) is 9.51. The topological polar surface area (TPSA) is 63.1 Å². The summed E-state index contributed by atoms with van der Waals surface area (Å²) in [5.74, 6) is -0.828. The van der Waals surface area contributed by atoms with Crippen LogP contribution >= 0.6 is 0 Å². The van der Waals surface area contributed by atoms with Crippen molar-refractivity contribution >= 4 is 5.97 Å². The number of hydrogen-bond acceptors (Lipinski definition) is 3. The van der Waals surface area contributed by atoms with Gasteiger partial charge in [0.25, 0.3) is 0 Å². The Morgan fingerprint density at radius 2 is 2.17 bits per heavy atom. The number of aryl methyl sites for hydroxylation is 1. The average Bonchev–Trinajstić information content (AvgIpc) is 2.37. The summed E-state index contributed by atoms with van der Waals surface area (Å²) in [6.45, 7) is 0. The van der Waals surface area contributed by atoms with Gasteiger partial charge in [-0.2, -0.15) is 0 Å². The van der Waals surface area contributed by atoms with Crippen LogP contribution in [0.25, 0.3) is 11.4 Å². The minimum absolute atomic E-state index is 0.0135. The van der Waals surface area contributed by atoms with E-state index >= 15 is 0 Å². The molecule has 0 aliphatic rings. The minimum atomic E-state index is -0.874. The molecule has 1 heterocycles. The van der Waals surface area contributed by atoms with Crippen LogP contribution in [0.4, 0.5) is 4.39 Å². The highest BCUT2D eigenvalue weighted by atomic mass is 19.1. The smallest absolute Gasteiger partial charge is 0.303 e. The number of carboxylic acid groups (broad SMARTS) is 1. The first kappa shape index (κ1) is 12.2. The lowest BCUT2D eigenvalue weighted by Gasteiger charge is -2.03. The van der Waals surface area contributed by atoms with Crippen molar-refractivity contribution in [2.75, 3.05) is 0 Å². The Morgan fingerprint density at radius 3 is 2.89 bits per heavy atom. The maximum Gasteiger partial charge on any atom is 0.303 e. The lowest BCUT2D eigenvalue weighted by molar-refractivity contribution is -0.136. The quantitative estimate of drug-likeness (QED) is 0.899. The summed E-state index contributed by atoms with van der Waals surface area (Å²) < 4.78 is 13.1. The van der Waals surface area contributed by atoms with Crippen molar-refractivity contribution in [1.82, 2.24) is 9.97 Å². The molecular weight excluding hydrogens is 235 g/mol. The van der Waals surface area contributed by atoms with Crippen molar-refractivity contribution in [1.29, 1.82) is 0 Å². The Balaban J connectivity index is 2.24. The van der Waals surface area contributed by atoms with E-state index in [9.17, 15) is 9.18 Å². The van der Waals surface area contributed by atoms with Crippen LogP contribution in [0, 0.1) is 5.82 Å². The highest BCUT2D eigenvalue weighted by molar-refractivity contribution is 5.67. The zero-order chi connectivity index (χ0) is 13.0. The predicted octanol–water partition coefficient (Wildman–Crippen LogP) is 2.30. The maximum absolute atomic E-state index is 13.1. The van der Waals surface area contributed by atoms with Gasteiger partial charge in [-0.25, -0.2) is 14.4 Å². The fourth-order valence-corrected chi connectivity index (χ4v) is 1.54. The molecule has 92 valence electrons. The first-order chi connectivity index (χ1) is 8.65. The molecule has 2 rings (SSSR count). The summed E-state index contributed by atoms with van der Waals surface area (Å²) in [4.78, 5) is 18.7. The zero-order valence-corrected chi connectivity index (χ0v) is 9.51. The number of hydrogen-bond donors (Lipinski definition) is 1. The number of carboxylic acids is 1. The molecule has 4 nitrogen and oxygen atoms in total. The lowest BCUT2D eigenvalue weighted by Crippen LogP contribution is -2.01. The second kappa shape index (κ2) is 5.35. The third-order valence-electron chi connectivity index (χ3n) is 2.39. The van der Waals surface area contributed by atoms with E-state index < -0.39 is 5.97 Å². The molecule has 0 aliphatic heterocycles. The fourth-order valence-electron chi connectivity index (χ4n) is 1.54. The van der Waals surface area contributed by atoms with E-state index in [0.717, 1.165) is 0 Å². The van der Waals surface area contributed by atoms with E-state index in [-0.39, 0.29) is 12.2 Å². The number of benzene rings is 1. The predicted molar refractivity (Wildman–Crippen MR) is 63.4 cm³/mol. The van der Waals surface area contributed by atoms with Gasteiger partial charge in [-0.15, -0.1) is 0 Å². The molecule has 1 N–H and O–H groups in total. The van der Waals surface area contributed by atoms with Gasteiger partial charge in [-0.1, -0.05) is 12.1 Å². The summed E-state index contributed by atoms with van der Waals surface area (Å²) in [6.07, 6.45) is 1.89. The van der Waals surface area contributed by atoms with Crippen molar-refractivity contribution in [3.63, 3.8) is 0 Å². The molecule has 0 amide bonds. The number of rotatable bonds is 4. The van der Waals surface area contributed by atoms with Crippen LogP contribution < -0.4 is 0 Å². The number of aromatic nitrogens is 2. The highest BCUT2D eigenvalue weighted by Crippen LogP contribution is 2.16. The van der Waals surface area contributed by atoms with Gasteiger partial charge in [0.05, 0.1) is 6.42 Å². The van der Waals surface area contributed by atoms with E-state index in [0.29, 0.717) is 23.5 Å². The van der Waals surface area contributed by atoms with Crippen LogP contribution in [0.15, 0.2) is 36.5 Å². The number of halogens is 1. The highest BCUT2D eigenvalue weighted by Gasteiger charge is 2.05. The molecule has 0 saturated heterocycles. The third kappa shape index (κ3) is 3.10. The van der Waals surface area contributed by atoms with Gasteiger partial charge in [0.2, 0.25) is 0 Å². The van der Waals surface area contributed by atoms with Crippen molar-refractivity contribution in [3.8, 4) is 11.4 Å². The van der Waals surface area contributed by atoms with Gasteiger partial charge >= 0.3 is 5.97 Å². The Labute approximate surface area is 103 Å².